The summed E-state index contributed by atoms with van der Waals surface area (Å²) in [7, 11) is -1.48. The molecule has 1 unspecified atom stereocenters. The topological polar surface area (TPSA) is 90.0 Å². The van der Waals surface area contributed by atoms with Crippen molar-refractivity contribution in [2.24, 2.45) is 0 Å². The Labute approximate surface area is 217 Å². The minimum atomic E-state index is -4.14. The second-order valence-electron chi connectivity index (χ2n) is 9.34. The van der Waals surface area contributed by atoms with Gasteiger partial charge < -0.3 is 10.2 Å². The smallest absolute Gasteiger partial charge is 0.304 e. The van der Waals surface area contributed by atoms with Crippen molar-refractivity contribution in [3.63, 3.8) is 0 Å². The van der Waals surface area contributed by atoms with E-state index in [-0.39, 0.29) is 24.2 Å². The van der Waals surface area contributed by atoms with Crippen molar-refractivity contribution < 1.29 is 26.8 Å². The number of halogens is 2. The molecule has 1 fully saturated rings. The number of benzene rings is 2. The average molecular weight is 537 g/mol. The number of hydrogen-bond acceptors (Lipinski definition) is 4. The SMILES string of the molecule is CCC(C(=O)NC1CCCC1)N(Cc1ccc(F)cc1)C(=O)CN(c1ccc(F)cc1)S(=O)(=O)N(C)C. The van der Waals surface area contributed by atoms with Crippen LogP contribution in [0.25, 0.3) is 0 Å². The molecule has 2 aromatic carbocycles. The van der Waals surface area contributed by atoms with Crippen LogP contribution in [-0.2, 0) is 26.3 Å². The summed E-state index contributed by atoms with van der Waals surface area (Å²) in [5.74, 6) is -1.92. The molecule has 0 bridgehead atoms. The van der Waals surface area contributed by atoms with Crippen LogP contribution in [-0.4, -0.2) is 62.2 Å². The monoisotopic (exact) mass is 536 g/mol. The molecule has 0 aliphatic heterocycles. The number of amides is 2. The maximum atomic E-state index is 13.7. The molecule has 2 aromatic rings. The summed E-state index contributed by atoms with van der Waals surface area (Å²) in [5, 5.41) is 3.03. The first kappa shape index (κ1) is 28.5. The standard InChI is InChI=1S/C26H34F2N4O4S/c1-4-24(26(34)29-22-7-5-6-8-22)31(17-19-9-11-20(27)12-10-19)25(33)18-32(37(35,36)30(2)3)23-15-13-21(28)14-16-23/h9-16,22,24H,4-8,17-18H2,1-3H3,(H,29,34). The van der Waals surface area contributed by atoms with Crippen LogP contribution in [0.5, 0.6) is 0 Å². The van der Waals surface area contributed by atoms with Gasteiger partial charge in [-0.1, -0.05) is 31.9 Å². The molecule has 3 rings (SSSR count). The fourth-order valence-electron chi connectivity index (χ4n) is 4.40. The summed E-state index contributed by atoms with van der Waals surface area (Å²) in [6.07, 6.45) is 4.08. The Hall–Kier alpha value is -3.05. The fourth-order valence-corrected chi connectivity index (χ4v) is 5.45. The molecule has 1 N–H and O–H groups in total. The van der Waals surface area contributed by atoms with Gasteiger partial charge in [-0.15, -0.1) is 0 Å². The van der Waals surface area contributed by atoms with Crippen molar-refractivity contribution in [1.82, 2.24) is 14.5 Å². The summed E-state index contributed by atoms with van der Waals surface area (Å²) in [6.45, 7) is 1.15. The van der Waals surface area contributed by atoms with Crippen LogP contribution in [0.15, 0.2) is 48.5 Å². The second-order valence-corrected chi connectivity index (χ2v) is 11.4. The lowest BCUT2D eigenvalue weighted by Crippen LogP contribution is -2.54. The van der Waals surface area contributed by atoms with Gasteiger partial charge in [-0.3, -0.25) is 9.59 Å². The highest BCUT2D eigenvalue weighted by Gasteiger charge is 2.34. The summed E-state index contributed by atoms with van der Waals surface area (Å²) < 4.78 is 55.2. The molecule has 1 aliphatic rings. The third-order valence-corrected chi connectivity index (χ3v) is 8.31. The zero-order valence-corrected chi connectivity index (χ0v) is 22.2. The highest BCUT2D eigenvalue weighted by atomic mass is 32.2. The highest BCUT2D eigenvalue weighted by Crippen LogP contribution is 2.23. The molecular formula is C26H34F2N4O4S. The molecule has 2 amide bonds. The van der Waals surface area contributed by atoms with Crippen LogP contribution >= 0.6 is 0 Å². The molecule has 11 heteroatoms. The zero-order valence-electron chi connectivity index (χ0n) is 21.4. The largest absolute Gasteiger partial charge is 0.352 e. The lowest BCUT2D eigenvalue weighted by atomic mass is 10.1. The van der Waals surface area contributed by atoms with Gasteiger partial charge >= 0.3 is 10.2 Å². The van der Waals surface area contributed by atoms with E-state index in [2.05, 4.69) is 5.32 Å². The third-order valence-electron chi connectivity index (χ3n) is 6.49. The molecule has 202 valence electrons. The first-order valence-electron chi connectivity index (χ1n) is 12.3. The predicted octanol–water partition coefficient (Wildman–Crippen LogP) is 3.44. The van der Waals surface area contributed by atoms with Crippen LogP contribution in [0.1, 0.15) is 44.6 Å². The number of carbonyl (C=O) groups is 2. The summed E-state index contributed by atoms with van der Waals surface area (Å²) in [5.41, 5.74) is 0.694. The predicted molar refractivity (Wildman–Crippen MR) is 138 cm³/mol. The molecule has 1 saturated carbocycles. The van der Waals surface area contributed by atoms with Crippen LogP contribution in [0.4, 0.5) is 14.5 Å². The molecule has 0 saturated heterocycles. The van der Waals surface area contributed by atoms with Crippen LogP contribution < -0.4 is 9.62 Å². The second kappa shape index (κ2) is 12.5. The van der Waals surface area contributed by atoms with Crippen molar-refractivity contribution in [3.8, 4) is 0 Å². The van der Waals surface area contributed by atoms with E-state index in [1.54, 1.807) is 6.92 Å². The minimum absolute atomic E-state index is 0.0189. The first-order chi connectivity index (χ1) is 17.5. The lowest BCUT2D eigenvalue weighted by molar-refractivity contribution is -0.140. The normalized spacial score (nSPS) is 15.0. The van der Waals surface area contributed by atoms with E-state index < -0.39 is 40.3 Å². The van der Waals surface area contributed by atoms with Crippen molar-refractivity contribution in [1.29, 1.82) is 0 Å². The van der Waals surface area contributed by atoms with Gasteiger partial charge in [-0.05, 0) is 61.2 Å². The van der Waals surface area contributed by atoms with Crippen molar-refractivity contribution in [2.75, 3.05) is 24.9 Å². The average Bonchev–Trinajstić information content (AvgIpc) is 3.37. The summed E-state index contributed by atoms with van der Waals surface area (Å²) in [4.78, 5) is 28.4. The van der Waals surface area contributed by atoms with E-state index in [1.807, 2.05) is 0 Å². The number of nitrogens with one attached hydrogen (secondary N) is 1. The molecule has 0 radical (unpaired) electrons. The van der Waals surface area contributed by atoms with E-state index >= 15 is 0 Å². The van der Waals surface area contributed by atoms with E-state index in [0.717, 1.165) is 46.4 Å². The van der Waals surface area contributed by atoms with E-state index in [9.17, 15) is 26.8 Å². The molecule has 8 nitrogen and oxygen atoms in total. The van der Waals surface area contributed by atoms with Gasteiger partial charge in [-0.25, -0.2) is 13.1 Å². The molecule has 1 aliphatic carbocycles. The maximum absolute atomic E-state index is 13.7. The molecule has 0 aromatic heterocycles. The quantitative estimate of drug-likeness (QED) is 0.477. The van der Waals surface area contributed by atoms with Crippen LogP contribution in [0.2, 0.25) is 0 Å². The van der Waals surface area contributed by atoms with Crippen molar-refractivity contribution >= 4 is 27.7 Å². The molecule has 37 heavy (non-hydrogen) atoms. The van der Waals surface area contributed by atoms with Crippen molar-refractivity contribution in [2.45, 2.75) is 57.7 Å². The zero-order chi connectivity index (χ0) is 27.2. The Morgan fingerprint density at radius 1 is 0.973 bits per heavy atom. The van der Waals surface area contributed by atoms with E-state index in [4.69, 9.17) is 0 Å². The lowest BCUT2D eigenvalue weighted by Gasteiger charge is -2.34. The van der Waals surface area contributed by atoms with Crippen LogP contribution in [0, 0.1) is 11.6 Å². The number of rotatable bonds is 11. The van der Waals surface area contributed by atoms with Crippen LogP contribution in [0.3, 0.4) is 0 Å². The van der Waals surface area contributed by atoms with Gasteiger partial charge in [0.1, 0.15) is 24.2 Å². The number of hydrogen-bond donors (Lipinski definition) is 1. The first-order valence-corrected chi connectivity index (χ1v) is 13.7. The van der Waals surface area contributed by atoms with Gasteiger partial charge in [0.15, 0.2) is 0 Å². The van der Waals surface area contributed by atoms with Gasteiger partial charge in [0.2, 0.25) is 11.8 Å². The Morgan fingerprint density at radius 2 is 1.51 bits per heavy atom. The van der Waals surface area contributed by atoms with Gasteiger partial charge in [0, 0.05) is 26.7 Å². The Bertz CT molecular complexity index is 1170. The Morgan fingerprint density at radius 3 is 2.03 bits per heavy atom. The molecule has 1 atom stereocenters. The van der Waals surface area contributed by atoms with E-state index in [0.29, 0.717) is 12.0 Å². The molecule has 0 heterocycles. The number of carbonyl (C=O) groups excluding carboxylic acids is 2. The third kappa shape index (κ3) is 7.26. The van der Waals surface area contributed by atoms with E-state index in [1.165, 1.54) is 55.4 Å². The van der Waals surface area contributed by atoms with Gasteiger partial charge in [-0.2, -0.15) is 12.7 Å². The Balaban J connectivity index is 1.95. The summed E-state index contributed by atoms with van der Waals surface area (Å²) in [6, 6.07) is 9.51. The minimum Gasteiger partial charge on any atom is -0.352 e. The number of anilines is 1. The summed E-state index contributed by atoms with van der Waals surface area (Å²) >= 11 is 0. The highest BCUT2D eigenvalue weighted by molar-refractivity contribution is 7.90. The molecule has 0 spiro atoms. The van der Waals surface area contributed by atoms with Gasteiger partial charge in [0.25, 0.3) is 0 Å². The fraction of sp³-hybridized carbons (Fsp3) is 0.462. The van der Waals surface area contributed by atoms with Gasteiger partial charge in [0.05, 0.1) is 5.69 Å². The Kier molecular flexibility index (Phi) is 9.61. The maximum Gasteiger partial charge on any atom is 0.304 e. The van der Waals surface area contributed by atoms with Crippen molar-refractivity contribution in [3.05, 3.63) is 65.7 Å². The molecular weight excluding hydrogens is 502 g/mol. The number of nitrogens with zero attached hydrogens (tertiary/aromatic N) is 3.